The van der Waals surface area contributed by atoms with Crippen LogP contribution in [0.4, 0.5) is 4.79 Å². The third kappa shape index (κ3) is 6.95. The van der Waals surface area contributed by atoms with Crippen LogP contribution in [0, 0.1) is 0 Å². The van der Waals surface area contributed by atoms with E-state index in [1.807, 2.05) is 39.8 Å². The summed E-state index contributed by atoms with van der Waals surface area (Å²) >= 11 is 0. The monoisotopic (exact) mass is 312 g/mol. The first-order valence-corrected chi connectivity index (χ1v) is 7.57. The summed E-state index contributed by atoms with van der Waals surface area (Å²) in [5.74, 6) is 0.876. The molecule has 1 heterocycles. The molecule has 0 saturated heterocycles. The highest BCUT2D eigenvalue weighted by molar-refractivity contribution is 5.68. The number of nitrogens with zero attached hydrogens (tertiary/aromatic N) is 1. The molecule has 126 valence electrons. The van der Waals surface area contributed by atoms with Gasteiger partial charge in [-0.1, -0.05) is 0 Å². The number of carbonyl (C=O) groups is 1. The van der Waals surface area contributed by atoms with Gasteiger partial charge in [-0.05, 0) is 39.8 Å². The van der Waals surface area contributed by atoms with Crippen LogP contribution in [0.15, 0.2) is 22.8 Å². The minimum absolute atomic E-state index is 0.0953. The van der Waals surface area contributed by atoms with Gasteiger partial charge in [-0.3, -0.25) is 0 Å². The maximum Gasteiger partial charge on any atom is 0.410 e. The highest BCUT2D eigenvalue weighted by atomic mass is 16.6. The van der Waals surface area contributed by atoms with Crippen molar-refractivity contribution in [1.82, 2.24) is 10.2 Å². The van der Waals surface area contributed by atoms with Gasteiger partial charge >= 0.3 is 6.09 Å². The van der Waals surface area contributed by atoms with Crippen LogP contribution in [0.1, 0.15) is 39.5 Å². The number of hydrogen-bond acceptors (Lipinski definition) is 5. The highest BCUT2D eigenvalue weighted by Gasteiger charge is 2.21. The quantitative estimate of drug-likeness (QED) is 0.799. The molecule has 0 spiro atoms. The number of nitrogens with one attached hydrogen (secondary N) is 1. The zero-order valence-corrected chi connectivity index (χ0v) is 14.2. The summed E-state index contributed by atoms with van der Waals surface area (Å²) in [5, 5.41) is 3.33. The summed E-state index contributed by atoms with van der Waals surface area (Å²) < 4.78 is 15.8. The molecule has 6 heteroatoms. The Hall–Kier alpha value is -1.53. The van der Waals surface area contributed by atoms with Crippen LogP contribution in [-0.4, -0.2) is 49.9 Å². The molecule has 6 nitrogen and oxygen atoms in total. The predicted octanol–water partition coefficient (Wildman–Crippen LogP) is 2.81. The summed E-state index contributed by atoms with van der Waals surface area (Å²) in [6, 6.07) is 3.88. The molecule has 1 aromatic heterocycles. The molecule has 0 aliphatic heterocycles. The van der Waals surface area contributed by atoms with Crippen molar-refractivity contribution in [3.63, 3.8) is 0 Å². The van der Waals surface area contributed by atoms with Gasteiger partial charge in [-0.15, -0.1) is 0 Å². The van der Waals surface area contributed by atoms with Gasteiger partial charge in [0.2, 0.25) is 0 Å². The van der Waals surface area contributed by atoms with Gasteiger partial charge in [0.1, 0.15) is 11.4 Å². The second-order valence-electron chi connectivity index (χ2n) is 6.15. The maximum absolute atomic E-state index is 12.2. The lowest BCUT2D eigenvalue weighted by atomic mass is 10.2. The Balaban J connectivity index is 2.45. The number of furan rings is 1. The average Bonchev–Trinajstić information content (AvgIpc) is 2.94. The van der Waals surface area contributed by atoms with E-state index in [0.29, 0.717) is 26.2 Å². The second-order valence-corrected chi connectivity index (χ2v) is 6.15. The Morgan fingerprint density at radius 1 is 1.41 bits per heavy atom. The zero-order chi connectivity index (χ0) is 16.6. The van der Waals surface area contributed by atoms with Crippen molar-refractivity contribution >= 4 is 6.09 Å². The van der Waals surface area contributed by atoms with E-state index in [2.05, 4.69) is 5.32 Å². The first kappa shape index (κ1) is 18.5. The number of ether oxygens (including phenoxy) is 2. The molecule has 0 radical (unpaired) electrons. The molecule has 0 bridgehead atoms. The number of carbonyl (C=O) groups excluding carboxylic acids is 1. The van der Waals surface area contributed by atoms with Crippen molar-refractivity contribution in [2.24, 2.45) is 0 Å². The lowest BCUT2D eigenvalue weighted by Gasteiger charge is -2.27. The summed E-state index contributed by atoms with van der Waals surface area (Å²) in [5.41, 5.74) is -0.503. The van der Waals surface area contributed by atoms with E-state index >= 15 is 0 Å². The van der Waals surface area contributed by atoms with Crippen molar-refractivity contribution < 1.29 is 18.7 Å². The summed E-state index contributed by atoms with van der Waals surface area (Å²) in [6.07, 6.45) is 1.33. The Kier molecular flexibility index (Phi) is 7.41. The SMILES string of the molecule is COCCN(CCNC(C)c1ccco1)C(=O)OC(C)(C)C. The van der Waals surface area contributed by atoms with E-state index in [1.165, 1.54) is 0 Å². The van der Waals surface area contributed by atoms with E-state index in [4.69, 9.17) is 13.9 Å². The zero-order valence-electron chi connectivity index (χ0n) is 14.2. The van der Waals surface area contributed by atoms with E-state index in [0.717, 1.165) is 5.76 Å². The van der Waals surface area contributed by atoms with Gasteiger partial charge in [-0.25, -0.2) is 4.79 Å². The van der Waals surface area contributed by atoms with Gasteiger partial charge in [-0.2, -0.15) is 0 Å². The maximum atomic E-state index is 12.2. The van der Waals surface area contributed by atoms with Gasteiger partial charge in [0, 0.05) is 26.7 Å². The van der Waals surface area contributed by atoms with E-state index in [-0.39, 0.29) is 12.1 Å². The average molecular weight is 312 g/mol. The molecule has 1 aromatic rings. The number of hydrogen-bond donors (Lipinski definition) is 1. The molecular weight excluding hydrogens is 284 g/mol. The van der Waals surface area contributed by atoms with Crippen LogP contribution in [0.3, 0.4) is 0 Å². The Morgan fingerprint density at radius 3 is 2.68 bits per heavy atom. The smallest absolute Gasteiger partial charge is 0.410 e. The van der Waals surface area contributed by atoms with Crippen LogP contribution in [0.5, 0.6) is 0 Å². The molecule has 1 N–H and O–H groups in total. The first-order valence-electron chi connectivity index (χ1n) is 7.57. The van der Waals surface area contributed by atoms with E-state index < -0.39 is 5.60 Å². The third-order valence-corrected chi connectivity index (χ3v) is 3.02. The molecular formula is C16H28N2O4. The van der Waals surface area contributed by atoms with Crippen LogP contribution >= 0.6 is 0 Å². The highest BCUT2D eigenvalue weighted by Crippen LogP contribution is 2.12. The van der Waals surface area contributed by atoms with Crippen LogP contribution in [0.2, 0.25) is 0 Å². The second kappa shape index (κ2) is 8.80. The Morgan fingerprint density at radius 2 is 2.14 bits per heavy atom. The first-order chi connectivity index (χ1) is 10.3. The van der Waals surface area contributed by atoms with Crippen molar-refractivity contribution in [2.45, 2.75) is 39.3 Å². The van der Waals surface area contributed by atoms with Gasteiger partial charge in [0.05, 0.1) is 18.9 Å². The van der Waals surface area contributed by atoms with Crippen molar-refractivity contribution in [2.75, 3.05) is 33.4 Å². The lowest BCUT2D eigenvalue weighted by molar-refractivity contribution is 0.0203. The number of rotatable bonds is 8. The minimum atomic E-state index is -0.503. The standard InChI is InChI=1S/C16H28N2O4/c1-13(14-7-6-11-21-14)17-8-9-18(10-12-20-5)15(19)22-16(2,3)4/h6-7,11,13,17H,8-10,12H2,1-5H3. The van der Waals surface area contributed by atoms with Gasteiger partial charge in [0.15, 0.2) is 0 Å². The molecule has 0 fully saturated rings. The molecule has 1 amide bonds. The molecule has 0 aromatic carbocycles. The number of methoxy groups -OCH3 is 1. The fourth-order valence-corrected chi connectivity index (χ4v) is 1.88. The predicted molar refractivity (Wildman–Crippen MR) is 84.8 cm³/mol. The minimum Gasteiger partial charge on any atom is -0.468 e. The topological polar surface area (TPSA) is 63.9 Å². The molecule has 1 unspecified atom stereocenters. The van der Waals surface area contributed by atoms with Gasteiger partial charge < -0.3 is 24.1 Å². The molecule has 1 rings (SSSR count). The fraction of sp³-hybridized carbons (Fsp3) is 0.688. The van der Waals surface area contributed by atoms with E-state index in [1.54, 1.807) is 18.3 Å². The molecule has 22 heavy (non-hydrogen) atoms. The lowest BCUT2D eigenvalue weighted by Crippen LogP contribution is -2.42. The normalized spacial score (nSPS) is 13.0. The Labute approximate surface area is 132 Å². The van der Waals surface area contributed by atoms with Gasteiger partial charge in [0.25, 0.3) is 0 Å². The number of amides is 1. The molecule has 0 aliphatic carbocycles. The molecule has 0 saturated carbocycles. The molecule has 0 aliphatic rings. The van der Waals surface area contributed by atoms with E-state index in [9.17, 15) is 4.79 Å². The fourth-order valence-electron chi connectivity index (χ4n) is 1.88. The van der Waals surface area contributed by atoms with Crippen LogP contribution < -0.4 is 5.32 Å². The largest absolute Gasteiger partial charge is 0.468 e. The molecule has 1 atom stereocenters. The Bertz CT molecular complexity index is 426. The van der Waals surface area contributed by atoms with Crippen LogP contribution in [-0.2, 0) is 9.47 Å². The van der Waals surface area contributed by atoms with Crippen molar-refractivity contribution in [3.8, 4) is 0 Å². The van der Waals surface area contributed by atoms with Crippen molar-refractivity contribution in [1.29, 1.82) is 0 Å². The van der Waals surface area contributed by atoms with Crippen LogP contribution in [0.25, 0.3) is 0 Å². The summed E-state index contributed by atoms with van der Waals surface area (Å²) in [7, 11) is 1.62. The third-order valence-electron chi connectivity index (χ3n) is 3.02. The summed E-state index contributed by atoms with van der Waals surface area (Å²) in [4.78, 5) is 13.8. The summed E-state index contributed by atoms with van der Waals surface area (Å²) in [6.45, 7) is 9.76. The van der Waals surface area contributed by atoms with Crippen molar-refractivity contribution in [3.05, 3.63) is 24.2 Å².